The van der Waals surface area contributed by atoms with Crippen molar-refractivity contribution in [1.82, 2.24) is 4.98 Å². The van der Waals surface area contributed by atoms with E-state index in [0.717, 1.165) is 5.69 Å². The molecule has 0 aliphatic rings. The fourth-order valence-corrected chi connectivity index (χ4v) is 1.49. The van der Waals surface area contributed by atoms with Crippen molar-refractivity contribution in [2.45, 2.75) is 0 Å². The number of rotatable bonds is 3. The molecule has 0 saturated heterocycles. The maximum atomic E-state index is 11.0. The van der Waals surface area contributed by atoms with Gasteiger partial charge in [0.25, 0.3) is 0 Å². The number of ether oxygens (including phenoxy) is 1. The third kappa shape index (κ3) is 3.46. The molecule has 0 unspecified atom stereocenters. The minimum Gasteiger partial charge on any atom is -0.453 e. The molecular weight excluding hydrogens is 256 g/mol. The topological polar surface area (TPSA) is 87.0 Å². The normalized spacial score (nSPS) is 9.40. The molecule has 1 aromatic heterocycles. The molecule has 0 atom stereocenters. The Morgan fingerprint density at radius 1 is 1.20 bits per heavy atom. The first-order valence-electron chi connectivity index (χ1n) is 5.79. The number of carbonyl (C=O) groups is 1. The van der Waals surface area contributed by atoms with E-state index >= 15 is 0 Å². The first-order chi connectivity index (χ1) is 9.71. The number of carbonyl (C=O) groups excluding carboxylic acids is 1. The molecule has 100 valence electrons. The highest BCUT2D eigenvalue weighted by Gasteiger charge is 2.01. The Balaban J connectivity index is 2.03. The van der Waals surface area contributed by atoms with E-state index in [2.05, 4.69) is 26.4 Å². The number of anilines is 3. The van der Waals surface area contributed by atoms with Gasteiger partial charge in [0, 0.05) is 5.69 Å². The molecule has 0 spiro atoms. The van der Waals surface area contributed by atoms with Crippen LogP contribution in [0.25, 0.3) is 0 Å². The van der Waals surface area contributed by atoms with E-state index in [0.29, 0.717) is 17.1 Å². The van der Waals surface area contributed by atoms with Gasteiger partial charge in [-0.25, -0.2) is 9.78 Å². The smallest absolute Gasteiger partial charge is 0.411 e. The second kappa shape index (κ2) is 6.20. The second-order valence-electron chi connectivity index (χ2n) is 3.86. The van der Waals surface area contributed by atoms with E-state index in [4.69, 9.17) is 5.26 Å². The summed E-state index contributed by atoms with van der Waals surface area (Å²) in [4.78, 5) is 15.2. The summed E-state index contributed by atoms with van der Waals surface area (Å²) < 4.78 is 4.48. The minimum absolute atomic E-state index is 0.542. The standard InChI is InChI=1S/C14H12N4O2/c1-20-14(19)18-12-6-7-13(16-9-12)17-11-4-2-10(8-15)3-5-11/h2-7,9H,1H3,(H,16,17)(H,18,19). The van der Waals surface area contributed by atoms with Gasteiger partial charge >= 0.3 is 6.09 Å². The van der Waals surface area contributed by atoms with Crippen molar-refractivity contribution in [3.8, 4) is 6.07 Å². The van der Waals surface area contributed by atoms with E-state index < -0.39 is 6.09 Å². The van der Waals surface area contributed by atoms with Crippen LogP contribution in [-0.4, -0.2) is 18.2 Å². The molecule has 2 aromatic rings. The zero-order valence-electron chi connectivity index (χ0n) is 10.8. The van der Waals surface area contributed by atoms with E-state index in [1.165, 1.54) is 13.3 Å². The van der Waals surface area contributed by atoms with Crippen molar-refractivity contribution < 1.29 is 9.53 Å². The van der Waals surface area contributed by atoms with E-state index in [1.54, 1.807) is 36.4 Å². The molecule has 1 heterocycles. The van der Waals surface area contributed by atoms with Crippen molar-refractivity contribution in [3.63, 3.8) is 0 Å². The number of benzene rings is 1. The summed E-state index contributed by atoms with van der Waals surface area (Å²) in [5.41, 5.74) is 1.97. The van der Waals surface area contributed by atoms with Gasteiger partial charge in [0.15, 0.2) is 0 Å². The van der Waals surface area contributed by atoms with Crippen LogP contribution >= 0.6 is 0 Å². The Labute approximate surface area is 116 Å². The van der Waals surface area contributed by atoms with Gasteiger partial charge < -0.3 is 10.1 Å². The van der Waals surface area contributed by atoms with E-state index in [-0.39, 0.29) is 0 Å². The predicted molar refractivity (Wildman–Crippen MR) is 74.7 cm³/mol. The highest BCUT2D eigenvalue weighted by Crippen LogP contribution is 2.16. The molecule has 0 bridgehead atoms. The van der Waals surface area contributed by atoms with Crippen LogP contribution in [0.15, 0.2) is 42.6 Å². The van der Waals surface area contributed by atoms with Crippen molar-refractivity contribution >= 4 is 23.3 Å². The molecule has 6 nitrogen and oxygen atoms in total. The van der Waals surface area contributed by atoms with Crippen molar-refractivity contribution in [2.75, 3.05) is 17.7 Å². The van der Waals surface area contributed by atoms with Crippen LogP contribution in [0.3, 0.4) is 0 Å². The van der Waals surface area contributed by atoms with Crippen LogP contribution < -0.4 is 10.6 Å². The van der Waals surface area contributed by atoms with Crippen molar-refractivity contribution in [2.24, 2.45) is 0 Å². The number of aromatic nitrogens is 1. The van der Waals surface area contributed by atoms with Gasteiger partial charge in [-0.1, -0.05) is 0 Å². The van der Waals surface area contributed by atoms with Crippen molar-refractivity contribution in [3.05, 3.63) is 48.2 Å². The first kappa shape index (κ1) is 13.4. The molecule has 1 aromatic carbocycles. The molecule has 0 aliphatic heterocycles. The molecule has 0 radical (unpaired) electrons. The largest absolute Gasteiger partial charge is 0.453 e. The summed E-state index contributed by atoms with van der Waals surface area (Å²) in [6.07, 6.45) is 0.975. The Kier molecular flexibility index (Phi) is 4.14. The van der Waals surface area contributed by atoms with Crippen LogP contribution in [0.1, 0.15) is 5.56 Å². The van der Waals surface area contributed by atoms with Gasteiger partial charge in [0.05, 0.1) is 30.6 Å². The molecule has 6 heteroatoms. The van der Waals surface area contributed by atoms with Crippen LogP contribution in [0.5, 0.6) is 0 Å². The fourth-order valence-electron chi connectivity index (χ4n) is 1.49. The molecule has 1 amide bonds. The fraction of sp³-hybridized carbons (Fsp3) is 0.0714. The third-order valence-corrected chi connectivity index (χ3v) is 2.48. The van der Waals surface area contributed by atoms with Crippen LogP contribution in [0, 0.1) is 11.3 Å². The number of pyridine rings is 1. The average Bonchev–Trinajstić information content (AvgIpc) is 2.50. The summed E-state index contributed by atoms with van der Waals surface area (Å²) in [7, 11) is 1.30. The van der Waals surface area contributed by atoms with Crippen LogP contribution in [0.2, 0.25) is 0 Å². The number of nitrogens with zero attached hydrogens (tertiary/aromatic N) is 2. The molecular formula is C14H12N4O2. The third-order valence-electron chi connectivity index (χ3n) is 2.48. The lowest BCUT2D eigenvalue weighted by molar-refractivity contribution is 0.187. The van der Waals surface area contributed by atoms with E-state index in [9.17, 15) is 4.79 Å². The molecule has 2 N–H and O–H groups in total. The Morgan fingerprint density at radius 3 is 2.45 bits per heavy atom. The van der Waals surface area contributed by atoms with Gasteiger partial charge in [-0.3, -0.25) is 5.32 Å². The summed E-state index contributed by atoms with van der Waals surface area (Å²) in [6.45, 7) is 0. The summed E-state index contributed by atoms with van der Waals surface area (Å²) in [6, 6.07) is 12.5. The Hall–Kier alpha value is -3.07. The lowest BCUT2D eigenvalue weighted by Gasteiger charge is -2.07. The quantitative estimate of drug-likeness (QED) is 0.893. The molecule has 2 rings (SSSR count). The second-order valence-corrected chi connectivity index (χ2v) is 3.86. The van der Waals surface area contributed by atoms with Crippen LogP contribution in [0.4, 0.5) is 22.0 Å². The minimum atomic E-state index is -0.542. The number of nitriles is 1. The maximum absolute atomic E-state index is 11.0. The lowest BCUT2D eigenvalue weighted by Crippen LogP contribution is -2.11. The van der Waals surface area contributed by atoms with E-state index in [1.807, 2.05) is 0 Å². The van der Waals surface area contributed by atoms with Gasteiger partial charge in [0.2, 0.25) is 0 Å². The number of hydrogen-bond donors (Lipinski definition) is 2. The van der Waals surface area contributed by atoms with Crippen molar-refractivity contribution in [1.29, 1.82) is 5.26 Å². The highest BCUT2D eigenvalue weighted by atomic mass is 16.5. The highest BCUT2D eigenvalue weighted by molar-refractivity contribution is 5.84. The SMILES string of the molecule is COC(=O)Nc1ccc(Nc2ccc(C#N)cc2)nc1. The predicted octanol–water partition coefficient (Wildman–Crippen LogP) is 2.88. The number of methoxy groups -OCH3 is 1. The van der Waals surface area contributed by atoms with Gasteiger partial charge in [-0.15, -0.1) is 0 Å². The summed E-state index contributed by atoms with van der Waals surface area (Å²) >= 11 is 0. The lowest BCUT2D eigenvalue weighted by atomic mass is 10.2. The molecule has 0 aliphatic carbocycles. The number of hydrogen-bond acceptors (Lipinski definition) is 5. The first-order valence-corrected chi connectivity index (χ1v) is 5.79. The maximum Gasteiger partial charge on any atom is 0.411 e. The molecule has 0 fully saturated rings. The molecule has 20 heavy (non-hydrogen) atoms. The molecule has 0 saturated carbocycles. The zero-order valence-corrected chi connectivity index (χ0v) is 10.8. The summed E-state index contributed by atoms with van der Waals surface area (Å²) in [5, 5.41) is 14.3. The monoisotopic (exact) mass is 268 g/mol. The Morgan fingerprint density at radius 2 is 1.90 bits per heavy atom. The van der Waals surface area contributed by atoms with Gasteiger partial charge in [0.1, 0.15) is 5.82 Å². The Bertz CT molecular complexity index is 630. The van der Waals surface area contributed by atoms with Crippen LogP contribution in [-0.2, 0) is 4.74 Å². The zero-order chi connectivity index (χ0) is 14.4. The average molecular weight is 268 g/mol. The number of amides is 1. The summed E-state index contributed by atoms with van der Waals surface area (Å²) in [5.74, 6) is 0.630. The van der Waals surface area contributed by atoms with Gasteiger partial charge in [-0.2, -0.15) is 5.26 Å². The van der Waals surface area contributed by atoms with Gasteiger partial charge in [-0.05, 0) is 36.4 Å². The number of nitrogens with one attached hydrogen (secondary N) is 2.